The summed E-state index contributed by atoms with van der Waals surface area (Å²) in [7, 11) is 0. The van der Waals surface area contributed by atoms with Crippen LogP contribution in [0.25, 0.3) is 0 Å². The summed E-state index contributed by atoms with van der Waals surface area (Å²) in [5.41, 5.74) is 0. The van der Waals surface area contributed by atoms with Crippen LogP contribution in [-0.2, 0) is 6.54 Å². The van der Waals surface area contributed by atoms with Gasteiger partial charge in [-0.2, -0.15) is 5.10 Å². The van der Waals surface area contributed by atoms with Crippen LogP contribution in [0.4, 0.5) is 4.79 Å². The number of rotatable bonds is 2. The summed E-state index contributed by atoms with van der Waals surface area (Å²) in [5.74, 6) is 0. The van der Waals surface area contributed by atoms with Gasteiger partial charge in [0.25, 0.3) is 0 Å². The zero-order valence-corrected chi connectivity index (χ0v) is 8.20. The van der Waals surface area contributed by atoms with Gasteiger partial charge in [0.2, 0.25) is 0 Å². The molecular weight excluding hydrogens is 198 g/mol. The molecule has 2 rings (SSSR count). The van der Waals surface area contributed by atoms with Crippen LogP contribution in [0.3, 0.4) is 0 Å². The van der Waals surface area contributed by atoms with E-state index in [1.807, 2.05) is 0 Å². The molecule has 1 aliphatic heterocycles. The first-order valence-corrected chi connectivity index (χ1v) is 4.79. The largest absolute Gasteiger partial charge is 0.465 e. The highest BCUT2D eigenvalue weighted by Gasteiger charge is 2.22. The number of piperazine rings is 1. The highest BCUT2D eigenvalue weighted by atomic mass is 16.4. The Bertz CT molecular complexity index is 326. The molecule has 0 spiro atoms. The van der Waals surface area contributed by atoms with E-state index < -0.39 is 6.09 Å². The molecule has 0 unspecified atom stereocenters. The molecule has 0 aromatic carbocycles. The van der Waals surface area contributed by atoms with E-state index in [4.69, 9.17) is 5.11 Å². The molecule has 1 amide bonds. The molecule has 0 saturated carbocycles. The van der Waals surface area contributed by atoms with Crippen LogP contribution in [0.15, 0.2) is 12.7 Å². The van der Waals surface area contributed by atoms with Crippen molar-refractivity contribution >= 4 is 6.09 Å². The number of hydrogen-bond donors (Lipinski definition) is 2. The number of carbonyl (C=O) groups is 1. The number of hydrogen-bond acceptors (Lipinski definition) is 4. The van der Waals surface area contributed by atoms with Gasteiger partial charge in [-0.15, -0.1) is 0 Å². The summed E-state index contributed by atoms with van der Waals surface area (Å²) in [5, 5.41) is 16.1. The van der Waals surface area contributed by atoms with Crippen LogP contribution in [0.1, 0.15) is 0 Å². The van der Waals surface area contributed by atoms with Crippen LogP contribution < -0.4 is 5.32 Å². The lowest BCUT2D eigenvalue weighted by Gasteiger charge is -2.31. The lowest BCUT2D eigenvalue weighted by molar-refractivity contribution is 0.125. The molecule has 1 aliphatic rings. The minimum absolute atomic E-state index is 0.108. The third-order valence-corrected chi connectivity index (χ3v) is 2.40. The Hall–Kier alpha value is -1.63. The van der Waals surface area contributed by atoms with Crippen LogP contribution >= 0.6 is 0 Å². The van der Waals surface area contributed by atoms with Crippen molar-refractivity contribution in [3.05, 3.63) is 12.7 Å². The van der Waals surface area contributed by atoms with Gasteiger partial charge in [0.1, 0.15) is 12.7 Å². The molecule has 0 bridgehead atoms. The maximum Gasteiger partial charge on any atom is 0.407 e. The Labute approximate surface area is 86.7 Å². The first-order valence-electron chi connectivity index (χ1n) is 4.79. The smallest absolute Gasteiger partial charge is 0.407 e. The van der Waals surface area contributed by atoms with Gasteiger partial charge < -0.3 is 15.3 Å². The van der Waals surface area contributed by atoms with E-state index in [2.05, 4.69) is 15.4 Å². The minimum atomic E-state index is -0.861. The van der Waals surface area contributed by atoms with Gasteiger partial charge >= 0.3 is 6.09 Å². The standard InChI is InChI=1S/C8H13N5O2/c14-8(15)12-2-1-10-7(3-12)4-13-6-9-5-11-13/h5-7,10H,1-4H2,(H,14,15)/t7-/m0/s1. The van der Waals surface area contributed by atoms with E-state index in [1.54, 1.807) is 11.0 Å². The predicted octanol–water partition coefficient (Wildman–Crippen LogP) is -0.770. The third kappa shape index (κ3) is 2.44. The highest BCUT2D eigenvalue weighted by Crippen LogP contribution is 2.01. The Morgan fingerprint density at radius 3 is 3.20 bits per heavy atom. The molecule has 2 heterocycles. The SMILES string of the molecule is O=C(O)N1CCN[C@H](Cn2cncn2)C1. The summed E-state index contributed by atoms with van der Waals surface area (Å²) in [6.07, 6.45) is 2.24. The molecule has 1 aromatic rings. The third-order valence-electron chi connectivity index (χ3n) is 2.40. The first-order chi connectivity index (χ1) is 7.25. The lowest BCUT2D eigenvalue weighted by atomic mass is 10.2. The van der Waals surface area contributed by atoms with E-state index in [0.717, 1.165) is 0 Å². The summed E-state index contributed by atoms with van der Waals surface area (Å²) in [6.45, 7) is 2.37. The van der Waals surface area contributed by atoms with E-state index in [0.29, 0.717) is 26.2 Å². The predicted molar refractivity (Wildman–Crippen MR) is 51.4 cm³/mol. The molecule has 1 atom stereocenters. The zero-order chi connectivity index (χ0) is 10.7. The van der Waals surface area contributed by atoms with Gasteiger partial charge in [0, 0.05) is 25.7 Å². The fourth-order valence-corrected chi connectivity index (χ4v) is 1.67. The quantitative estimate of drug-likeness (QED) is 0.671. The topological polar surface area (TPSA) is 83.3 Å². The molecule has 1 aromatic heterocycles. The highest BCUT2D eigenvalue weighted by molar-refractivity contribution is 5.65. The van der Waals surface area contributed by atoms with Crippen molar-refractivity contribution in [1.82, 2.24) is 25.0 Å². The first kappa shape index (κ1) is 9.91. The molecule has 7 heteroatoms. The van der Waals surface area contributed by atoms with Gasteiger partial charge in [-0.3, -0.25) is 4.68 Å². The van der Waals surface area contributed by atoms with Crippen molar-refractivity contribution in [3.63, 3.8) is 0 Å². The summed E-state index contributed by atoms with van der Waals surface area (Å²) in [4.78, 5) is 16.0. The second-order valence-electron chi connectivity index (χ2n) is 3.50. The number of carboxylic acid groups (broad SMARTS) is 1. The van der Waals surface area contributed by atoms with Crippen molar-refractivity contribution in [2.75, 3.05) is 19.6 Å². The maximum absolute atomic E-state index is 10.8. The van der Waals surface area contributed by atoms with E-state index in [9.17, 15) is 4.79 Å². The fourth-order valence-electron chi connectivity index (χ4n) is 1.67. The van der Waals surface area contributed by atoms with Gasteiger partial charge in [-0.1, -0.05) is 0 Å². The summed E-state index contributed by atoms with van der Waals surface area (Å²) < 4.78 is 1.70. The van der Waals surface area contributed by atoms with Crippen molar-refractivity contribution in [2.24, 2.45) is 0 Å². The van der Waals surface area contributed by atoms with Gasteiger partial charge in [0.05, 0.1) is 6.54 Å². The number of amides is 1. The normalized spacial score (nSPS) is 21.6. The minimum Gasteiger partial charge on any atom is -0.465 e. The molecular formula is C8H13N5O2. The average molecular weight is 211 g/mol. The molecule has 0 radical (unpaired) electrons. The molecule has 1 fully saturated rings. The van der Waals surface area contributed by atoms with Crippen LogP contribution in [-0.4, -0.2) is 56.5 Å². The number of nitrogens with zero attached hydrogens (tertiary/aromatic N) is 4. The summed E-state index contributed by atoms with van der Waals surface area (Å²) in [6, 6.07) is 0.108. The molecule has 15 heavy (non-hydrogen) atoms. The second kappa shape index (κ2) is 4.26. The Morgan fingerprint density at radius 1 is 1.67 bits per heavy atom. The van der Waals surface area contributed by atoms with Crippen LogP contribution in [0, 0.1) is 0 Å². The molecule has 0 aliphatic carbocycles. The Morgan fingerprint density at radius 2 is 2.53 bits per heavy atom. The van der Waals surface area contributed by atoms with E-state index in [-0.39, 0.29) is 6.04 Å². The number of aromatic nitrogens is 3. The Balaban J connectivity index is 1.90. The summed E-state index contributed by atoms with van der Waals surface area (Å²) >= 11 is 0. The molecule has 82 valence electrons. The van der Waals surface area contributed by atoms with Crippen LogP contribution in [0.5, 0.6) is 0 Å². The maximum atomic E-state index is 10.8. The van der Waals surface area contributed by atoms with Crippen LogP contribution in [0.2, 0.25) is 0 Å². The Kier molecular flexibility index (Phi) is 2.82. The van der Waals surface area contributed by atoms with E-state index in [1.165, 1.54) is 11.2 Å². The molecule has 7 nitrogen and oxygen atoms in total. The zero-order valence-electron chi connectivity index (χ0n) is 8.20. The van der Waals surface area contributed by atoms with Crippen molar-refractivity contribution < 1.29 is 9.90 Å². The second-order valence-corrected chi connectivity index (χ2v) is 3.50. The lowest BCUT2D eigenvalue weighted by Crippen LogP contribution is -2.53. The van der Waals surface area contributed by atoms with Crippen molar-refractivity contribution in [2.45, 2.75) is 12.6 Å². The monoisotopic (exact) mass is 211 g/mol. The molecule has 2 N–H and O–H groups in total. The fraction of sp³-hybridized carbons (Fsp3) is 0.625. The van der Waals surface area contributed by atoms with Gasteiger partial charge in [-0.25, -0.2) is 9.78 Å². The average Bonchev–Trinajstić information content (AvgIpc) is 2.71. The van der Waals surface area contributed by atoms with Gasteiger partial charge in [-0.05, 0) is 0 Å². The van der Waals surface area contributed by atoms with Crippen molar-refractivity contribution in [1.29, 1.82) is 0 Å². The molecule has 1 saturated heterocycles. The number of nitrogens with one attached hydrogen (secondary N) is 1. The van der Waals surface area contributed by atoms with E-state index >= 15 is 0 Å². The van der Waals surface area contributed by atoms with Crippen molar-refractivity contribution in [3.8, 4) is 0 Å². The van der Waals surface area contributed by atoms with Gasteiger partial charge in [0.15, 0.2) is 0 Å².